The van der Waals surface area contributed by atoms with Crippen molar-refractivity contribution < 1.29 is 4.79 Å². The molecule has 0 fully saturated rings. The Labute approximate surface area is 140 Å². The van der Waals surface area contributed by atoms with Gasteiger partial charge in [0.15, 0.2) is 5.16 Å². The zero-order valence-corrected chi connectivity index (χ0v) is 14.0. The molecule has 0 aliphatic heterocycles. The van der Waals surface area contributed by atoms with Crippen LogP contribution in [0.25, 0.3) is 21.3 Å². The molecule has 0 radical (unpaired) electrons. The molecule has 23 heavy (non-hydrogen) atoms. The zero-order valence-electron chi connectivity index (χ0n) is 12.4. The number of aromatic nitrogens is 2. The fourth-order valence-electron chi connectivity index (χ4n) is 2.29. The highest BCUT2D eigenvalue weighted by atomic mass is 32.2. The minimum Gasteiger partial charge on any atom is -0.369 e. The van der Waals surface area contributed by atoms with Gasteiger partial charge in [-0.05, 0) is 12.0 Å². The van der Waals surface area contributed by atoms with E-state index in [0.717, 1.165) is 11.1 Å². The number of carbonyl (C=O) groups excluding carboxylic acids is 1. The Morgan fingerprint density at radius 2 is 2.13 bits per heavy atom. The van der Waals surface area contributed by atoms with E-state index in [4.69, 9.17) is 5.73 Å². The predicted octanol–water partition coefficient (Wildman–Crippen LogP) is 3.01. The average Bonchev–Trinajstić information content (AvgIpc) is 2.97. The van der Waals surface area contributed by atoms with Crippen LogP contribution in [-0.2, 0) is 4.79 Å². The third kappa shape index (κ3) is 3.16. The van der Waals surface area contributed by atoms with Crippen LogP contribution in [-0.4, -0.2) is 21.1 Å². The average molecular weight is 345 g/mol. The summed E-state index contributed by atoms with van der Waals surface area (Å²) < 4.78 is 0. The van der Waals surface area contributed by atoms with E-state index >= 15 is 0 Å². The van der Waals surface area contributed by atoms with Crippen LogP contribution in [0.15, 0.2) is 45.7 Å². The maximum atomic E-state index is 12.5. The van der Waals surface area contributed by atoms with E-state index in [1.165, 1.54) is 23.1 Å². The first kappa shape index (κ1) is 15.8. The summed E-state index contributed by atoms with van der Waals surface area (Å²) in [6.07, 6.45) is 0.585. The van der Waals surface area contributed by atoms with Gasteiger partial charge in [-0.2, -0.15) is 0 Å². The number of thiophene rings is 1. The number of fused-ring (bicyclic) bond motifs is 1. The fraction of sp³-hybridized carbons (Fsp3) is 0.188. The largest absolute Gasteiger partial charge is 0.369 e. The quantitative estimate of drug-likeness (QED) is 0.549. The number of hydrogen-bond donors (Lipinski definition) is 2. The first-order valence-electron chi connectivity index (χ1n) is 7.13. The second kappa shape index (κ2) is 6.55. The number of nitrogens with zero attached hydrogens (tertiary/aromatic N) is 1. The van der Waals surface area contributed by atoms with Crippen molar-refractivity contribution in [2.45, 2.75) is 23.8 Å². The number of amides is 1. The monoisotopic (exact) mass is 345 g/mol. The first-order valence-corrected chi connectivity index (χ1v) is 8.89. The van der Waals surface area contributed by atoms with E-state index in [9.17, 15) is 9.59 Å². The van der Waals surface area contributed by atoms with Crippen LogP contribution >= 0.6 is 23.1 Å². The van der Waals surface area contributed by atoms with E-state index in [-0.39, 0.29) is 5.56 Å². The van der Waals surface area contributed by atoms with Crippen molar-refractivity contribution in [2.75, 3.05) is 0 Å². The minimum atomic E-state index is -0.406. The highest BCUT2D eigenvalue weighted by molar-refractivity contribution is 8.00. The zero-order chi connectivity index (χ0) is 16.4. The van der Waals surface area contributed by atoms with Gasteiger partial charge in [0.25, 0.3) is 5.56 Å². The Hall–Kier alpha value is -2.12. The Bertz CT molecular complexity index is 903. The lowest BCUT2D eigenvalue weighted by Crippen LogP contribution is -2.25. The molecule has 1 aromatic carbocycles. The standard InChI is InChI=1S/C16H15N3O2S2/c1-2-11(13(17)20)23-16-18-14(21)12-10(8-22-15(12)19-16)9-6-4-3-5-7-9/h3-8,11H,2H2,1H3,(H2,17,20)(H,18,19,21). The van der Waals surface area contributed by atoms with Crippen LogP contribution in [0.5, 0.6) is 0 Å². The lowest BCUT2D eigenvalue weighted by Gasteiger charge is -2.09. The molecule has 5 nitrogen and oxygen atoms in total. The van der Waals surface area contributed by atoms with Crippen molar-refractivity contribution in [1.29, 1.82) is 0 Å². The summed E-state index contributed by atoms with van der Waals surface area (Å²) in [6, 6.07) is 9.73. The molecule has 3 N–H and O–H groups in total. The highest BCUT2D eigenvalue weighted by Gasteiger charge is 2.18. The van der Waals surface area contributed by atoms with Crippen LogP contribution in [0.3, 0.4) is 0 Å². The summed E-state index contributed by atoms with van der Waals surface area (Å²) in [4.78, 5) is 31.7. The summed E-state index contributed by atoms with van der Waals surface area (Å²) >= 11 is 2.62. The molecule has 0 saturated carbocycles. The predicted molar refractivity (Wildman–Crippen MR) is 94.8 cm³/mol. The van der Waals surface area contributed by atoms with Gasteiger partial charge in [-0.25, -0.2) is 4.98 Å². The van der Waals surface area contributed by atoms with Crippen LogP contribution in [0, 0.1) is 0 Å². The van der Waals surface area contributed by atoms with Crippen molar-refractivity contribution in [1.82, 2.24) is 9.97 Å². The van der Waals surface area contributed by atoms with Crippen molar-refractivity contribution >= 4 is 39.2 Å². The number of nitrogens with one attached hydrogen (secondary N) is 1. The number of primary amides is 1. The van der Waals surface area contributed by atoms with E-state index in [1.54, 1.807) is 0 Å². The summed E-state index contributed by atoms with van der Waals surface area (Å²) in [7, 11) is 0. The fourth-order valence-corrected chi connectivity index (χ4v) is 4.15. The van der Waals surface area contributed by atoms with Gasteiger partial charge in [-0.1, -0.05) is 49.0 Å². The molecule has 0 aliphatic carbocycles. The van der Waals surface area contributed by atoms with E-state index in [0.29, 0.717) is 21.8 Å². The molecule has 0 aliphatic rings. The summed E-state index contributed by atoms with van der Waals surface area (Å²) in [6.45, 7) is 1.87. The highest BCUT2D eigenvalue weighted by Crippen LogP contribution is 2.32. The van der Waals surface area contributed by atoms with Crippen molar-refractivity contribution in [3.8, 4) is 11.1 Å². The normalized spacial score (nSPS) is 12.4. The Balaban J connectivity index is 2.05. The van der Waals surface area contributed by atoms with Crippen molar-refractivity contribution in [3.05, 3.63) is 46.1 Å². The third-order valence-corrected chi connectivity index (χ3v) is 5.59. The van der Waals surface area contributed by atoms with E-state index < -0.39 is 11.2 Å². The number of rotatable bonds is 5. The van der Waals surface area contributed by atoms with Crippen LogP contribution in [0.4, 0.5) is 0 Å². The molecule has 0 bridgehead atoms. The Morgan fingerprint density at radius 1 is 1.39 bits per heavy atom. The second-order valence-electron chi connectivity index (χ2n) is 4.98. The molecular formula is C16H15N3O2S2. The number of thioether (sulfide) groups is 1. The second-order valence-corrected chi connectivity index (χ2v) is 7.03. The molecule has 1 unspecified atom stereocenters. The summed E-state index contributed by atoms with van der Waals surface area (Å²) in [5.41, 5.74) is 7.01. The third-order valence-electron chi connectivity index (χ3n) is 3.45. The number of nitrogens with two attached hydrogens (primary N) is 1. The van der Waals surface area contributed by atoms with Gasteiger partial charge < -0.3 is 10.7 Å². The molecule has 1 amide bonds. The van der Waals surface area contributed by atoms with Gasteiger partial charge >= 0.3 is 0 Å². The maximum Gasteiger partial charge on any atom is 0.260 e. The van der Waals surface area contributed by atoms with E-state index in [2.05, 4.69) is 9.97 Å². The molecule has 2 aromatic heterocycles. The van der Waals surface area contributed by atoms with Gasteiger partial charge in [0.1, 0.15) is 4.83 Å². The van der Waals surface area contributed by atoms with Crippen molar-refractivity contribution in [3.63, 3.8) is 0 Å². The Morgan fingerprint density at radius 3 is 2.78 bits per heavy atom. The number of carbonyl (C=O) groups is 1. The van der Waals surface area contributed by atoms with Gasteiger partial charge in [0.2, 0.25) is 5.91 Å². The van der Waals surface area contributed by atoms with Crippen LogP contribution in [0.1, 0.15) is 13.3 Å². The van der Waals surface area contributed by atoms with Gasteiger partial charge in [-0.15, -0.1) is 11.3 Å². The van der Waals surface area contributed by atoms with Gasteiger partial charge in [0.05, 0.1) is 10.6 Å². The molecule has 0 spiro atoms. The van der Waals surface area contributed by atoms with Crippen molar-refractivity contribution in [2.24, 2.45) is 5.73 Å². The number of H-pyrrole nitrogens is 1. The van der Waals surface area contributed by atoms with E-state index in [1.807, 2.05) is 42.6 Å². The number of aromatic amines is 1. The Kier molecular flexibility index (Phi) is 4.49. The SMILES string of the molecule is CCC(Sc1nc2scc(-c3ccccc3)c2c(=O)[nH]1)C(N)=O. The lowest BCUT2D eigenvalue weighted by atomic mass is 10.1. The van der Waals surface area contributed by atoms with Gasteiger partial charge in [-0.3, -0.25) is 9.59 Å². The number of benzene rings is 1. The smallest absolute Gasteiger partial charge is 0.260 e. The maximum absolute atomic E-state index is 12.5. The molecule has 7 heteroatoms. The molecule has 3 rings (SSSR count). The molecule has 2 heterocycles. The summed E-state index contributed by atoms with van der Waals surface area (Å²) in [5.74, 6) is -0.406. The number of hydrogen-bond acceptors (Lipinski definition) is 5. The van der Waals surface area contributed by atoms with Crippen LogP contribution < -0.4 is 11.3 Å². The molecular weight excluding hydrogens is 330 g/mol. The summed E-state index contributed by atoms with van der Waals surface area (Å²) in [5, 5.41) is 2.54. The molecule has 118 valence electrons. The van der Waals surface area contributed by atoms with Crippen LogP contribution in [0.2, 0.25) is 0 Å². The molecule has 1 atom stereocenters. The molecule has 0 saturated heterocycles. The minimum absolute atomic E-state index is 0.197. The first-order chi connectivity index (χ1) is 11.1. The lowest BCUT2D eigenvalue weighted by molar-refractivity contribution is -0.117. The topological polar surface area (TPSA) is 88.8 Å². The molecule has 3 aromatic rings. The van der Waals surface area contributed by atoms with Gasteiger partial charge in [0, 0.05) is 10.9 Å².